The van der Waals surface area contributed by atoms with Crippen LogP contribution in [0, 0.1) is 6.92 Å². The molecule has 0 aliphatic carbocycles. The lowest BCUT2D eigenvalue weighted by molar-refractivity contribution is -0.118. The molecule has 0 bridgehead atoms. The average molecular weight is 233 g/mol. The molecule has 0 aromatic heterocycles. The summed E-state index contributed by atoms with van der Waals surface area (Å²) in [7, 11) is 0. The Hall–Kier alpha value is -1.61. The summed E-state index contributed by atoms with van der Waals surface area (Å²) in [4.78, 5) is 10.7. The molecule has 0 saturated carbocycles. The normalized spacial score (nSPS) is 10.8. The molecule has 0 heterocycles. The summed E-state index contributed by atoms with van der Waals surface area (Å²) >= 11 is 0. The van der Waals surface area contributed by atoms with Crippen molar-refractivity contribution in [3.05, 3.63) is 41.0 Å². The van der Waals surface area contributed by atoms with Crippen molar-refractivity contribution in [2.75, 3.05) is 6.54 Å². The third-order valence-corrected chi connectivity index (χ3v) is 2.64. The van der Waals surface area contributed by atoms with E-state index in [9.17, 15) is 4.79 Å². The Morgan fingerprint density at radius 2 is 2.24 bits per heavy atom. The van der Waals surface area contributed by atoms with Gasteiger partial charge in [0.05, 0.1) is 6.61 Å². The van der Waals surface area contributed by atoms with Crippen LogP contribution < -0.4 is 5.32 Å². The van der Waals surface area contributed by atoms with E-state index in [1.54, 1.807) is 0 Å². The number of nitrogens with one attached hydrogen (secondary N) is 1. The first-order chi connectivity index (χ1) is 8.15. The molecule has 1 aromatic rings. The monoisotopic (exact) mass is 233 g/mol. The highest BCUT2D eigenvalue weighted by Gasteiger charge is 1.99. The van der Waals surface area contributed by atoms with Gasteiger partial charge in [-0.3, -0.25) is 4.79 Å². The van der Waals surface area contributed by atoms with Gasteiger partial charge in [-0.2, -0.15) is 0 Å². The largest absolute Gasteiger partial charge is 0.392 e. The van der Waals surface area contributed by atoms with Crippen molar-refractivity contribution in [2.45, 2.75) is 26.9 Å². The minimum atomic E-state index is -0.00291. The lowest BCUT2D eigenvalue weighted by Crippen LogP contribution is -2.20. The van der Waals surface area contributed by atoms with Gasteiger partial charge in [-0.25, -0.2) is 0 Å². The molecule has 0 saturated heterocycles. The molecule has 0 aliphatic rings. The zero-order valence-electron chi connectivity index (χ0n) is 10.4. The first kappa shape index (κ1) is 13.5. The molecule has 92 valence electrons. The SMILES string of the molecule is CC(=O)NCCC=Cc1cccc(CO)c1C. The summed E-state index contributed by atoms with van der Waals surface area (Å²) in [5, 5.41) is 11.9. The van der Waals surface area contributed by atoms with Crippen LogP contribution in [0.2, 0.25) is 0 Å². The fourth-order valence-corrected chi connectivity index (χ4v) is 1.60. The minimum absolute atomic E-state index is 0.00291. The van der Waals surface area contributed by atoms with E-state index in [2.05, 4.69) is 5.32 Å². The standard InChI is InChI=1S/C14H19NO2/c1-11-13(7-5-8-14(11)10-16)6-3-4-9-15-12(2)17/h3,5-8,16H,4,9-10H2,1-2H3,(H,15,17). The average Bonchev–Trinajstić information content (AvgIpc) is 2.30. The highest BCUT2D eigenvalue weighted by molar-refractivity contribution is 5.72. The first-order valence-electron chi connectivity index (χ1n) is 5.75. The summed E-state index contributed by atoms with van der Waals surface area (Å²) in [5.41, 5.74) is 3.17. The summed E-state index contributed by atoms with van der Waals surface area (Å²) < 4.78 is 0. The van der Waals surface area contributed by atoms with Gasteiger partial charge in [0.25, 0.3) is 0 Å². The quantitative estimate of drug-likeness (QED) is 0.764. The van der Waals surface area contributed by atoms with Crippen LogP contribution in [0.1, 0.15) is 30.0 Å². The third kappa shape index (κ3) is 4.41. The second kappa shape index (κ2) is 6.86. The molecule has 1 amide bonds. The summed E-state index contributed by atoms with van der Waals surface area (Å²) in [5.74, 6) is -0.00291. The van der Waals surface area contributed by atoms with Crippen LogP contribution in [-0.2, 0) is 11.4 Å². The van der Waals surface area contributed by atoms with Crippen LogP contribution in [0.4, 0.5) is 0 Å². The zero-order chi connectivity index (χ0) is 12.7. The van der Waals surface area contributed by atoms with Crippen molar-refractivity contribution >= 4 is 12.0 Å². The van der Waals surface area contributed by atoms with Gasteiger partial charge < -0.3 is 10.4 Å². The zero-order valence-corrected chi connectivity index (χ0v) is 10.4. The molecule has 3 heteroatoms. The molecule has 0 atom stereocenters. The van der Waals surface area contributed by atoms with Crippen LogP contribution in [0.25, 0.3) is 6.08 Å². The van der Waals surface area contributed by atoms with Crippen LogP contribution in [0.3, 0.4) is 0 Å². The Labute approximate surface area is 102 Å². The van der Waals surface area contributed by atoms with Gasteiger partial charge in [0.15, 0.2) is 0 Å². The number of rotatable bonds is 5. The summed E-state index contributed by atoms with van der Waals surface area (Å²) in [6.45, 7) is 4.24. The second-order valence-electron chi connectivity index (χ2n) is 3.96. The van der Waals surface area contributed by atoms with Gasteiger partial charge in [0.2, 0.25) is 5.91 Å². The Morgan fingerprint density at radius 1 is 1.47 bits per heavy atom. The van der Waals surface area contributed by atoms with E-state index >= 15 is 0 Å². The maximum atomic E-state index is 10.7. The smallest absolute Gasteiger partial charge is 0.216 e. The molecule has 3 nitrogen and oxygen atoms in total. The highest BCUT2D eigenvalue weighted by atomic mass is 16.3. The van der Waals surface area contributed by atoms with Gasteiger partial charge in [0.1, 0.15) is 0 Å². The van der Waals surface area contributed by atoms with E-state index < -0.39 is 0 Å². The van der Waals surface area contributed by atoms with Crippen molar-refractivity contribution in [1.29, 1.82) is 0 Å². The lowest BCUT2D eigenvalue weighted by atomic mass is 10.0. The van der Waals surface area contributed by atoms with Crippen molar-refractivity contribution in [1.82, 2.24) is 5.32 Å². The van der Waals surface area contributed by atoms with Gasteiger partial charge in [-0.05, 0) is 30.0 Å². The molecule has 0 fully saturated rings. The van der Waals surface area contributed by atoms with E-state index in [0.717, 1.165) is 23.1 Å². The van der Waals surface area contributed by atoms with Crippen LogP contribution in [0.15, 0.2) is 24.3 Å². The molecule has 0 aliphatic heterocycles. The Morgan fingerprint density at radius 3 is 2.88 bits per heavy atom. The lowest BCUT2D eigenvalue weighted by Gasteiger charge is -2.05. The molecular formula is C14H19NO2. The fraction of sp³-hybridized carbons (Fsp3) is 0.357. The number of benzene rings is 1. The van der Waals surface area contributed by atoms with E-state index in [0.29, 0.717) is 6.54 Å². The Bertz CT molecular complexity index is 411. The van der Waals surface area contributed by atoms with E-state index in [1.165, 1.54) is 6.92 Å². The third-order valence-electron chi connectivity index (χ3n) is 2.64. The molecular weight excluding hydrogens is 214 g/mol. The van der Waals surface area contributed by atoms with E-state index in [-0.39, 0.29) is 12.5 Å². The van der Waals surface area contributed by atoms with Gasteiger partial charge in [-0.15, -0.1) is 0 Å². The van der Waals surface area contributed by atoms with Crippen molar-refractivity contribution in [3.8, 4) is 0 Å². The molecule has 1 rings (SSSR count). The van der Waals surface area contributed by atoms with Crippen LogP contribution in [0.5, 0.6) is 0 Å². The van der Waals surface area contributed by atoms with Gasteiger partial charge in [-0.1, -0.05) is 30.4 Å². The molecule has 2 N–H and O–H groups in total. The summed E-state index contributed by atoms with van der Waals surface area (Å²) in [6, 6.07) is 5.87. The number of carbonyl (C=O) groups excluding carboxylic acids is 1. The molecule has 0 spiro atoms. The minimum Gasteiger partial charge on any atom is -0.392 e. The number of hydrogen-bond donors (Lipinski definition) is 2. The Balaban J connectivity index is 2.56. The van der Waals surface area contributed by atoms with Crippen molar-refractivity contribution in [2.24, 2.45) is 0 Å². The van der Waals surface area contributed by atoms with E-state index in [4.69, 9.17) is 5.11 Å². The number of aliphatic hydroxyl groups excluding tert-OH is 1. The number of aliphatic hydroxyl groups is 1. The second-order valence-corrected chi connectivity index (χ2v) is 3.96. The van der Waals surface area contributed by atoms with Crippen LogP contribution >= 0.6 is 0 Å². The number of carbonyl (C=O) groups is 1. The maximum Gasteiger partial charge on any atom is 0.216 e. The number of amides is 1. The molecule has 1 aromatic carbocycles. The van der Waals surface area contributed by atoms with Gasteiger partial charge in [0, 0.05) is 13.5 Å². The van der Waals surface area contributed by atoms with Crippen molar-refractivity contribution in [3.63, 3.8) is 0 Å². The fourth-order valence-electron chi connectivity index (χ4n) is 1.60. The Kier molecular flexibility index (Phi) is 5.43. The molecule has 0 radical (unpaired) electrons. The molecule has 17 heavy (non-hydrogen) atoms. The van der Waals surface area contributed by atoms with E-state index in [1.807, 2.05) is 37.3 Å². The predicted molar refractivity (Wildman–Crippen MR) is 69.4 cm³/mol. The predicted octanol–water partition coefficient (Wildman–Crippen LogP) is 2.03. The highest BCUT2D eigenvalue weighted by Crippen LogP contribution is 2.15. The van der Waals surface area contributed by atoms with Crippen molar-refractivity contribution < 1.29 is 9.90 Å². The van der Waals surface area contributed by atoms with Gasteiger partial charge >= 0.3 is 0 Å². The maximum absolute atomic E-state index is 10.7. The van der Waals surface area contributed by atoms with Crippen LogP contribution in [-0.4, -0.2) is 17.6 Å². The summed E-state index contributed by atoms with van der Waals surface area (Å²) in [6.07, 6.45) is 4.86. The first-order valence-corrected chi connectivity index (χ1v) is 5.75. The molecule has 0 unspecified atom stereocenters. The topological polar surface area (TPSA) is 49.3 Å². The number of hydrogen-bond acceptors (Lipinski definition) is 2.